The molecule has 2 fully saturated rings. The Morgan fingerprint density at radius 2 is 2.00 bits per heavy atom. The molecule has 116 valence electrons. The van der Waals surface area contributed by atoms with Gasteiger partial charge < -0.3 is 10.1 Å². The van der Waals surface area contributed by atoms with E-state index in [9.17, 15) is 0 Å². The van der Waals surface area contributed by atoms with Crippen molar-refractivity contribution in [1.82, 2.24) is 10.2 Å². The number of hydrogen-bond donors (Lipinski definition) is 1. The van der Waals surface area contributed by atoms with E-state index in [2.05, 4.69) is 40.5 Å². The minimum absolute atomic E-state index is 0.322. The van der Waals surface area contributed by atoms with Crippen LogP contribution in [0.3, 0.4) is 0 Å². The molecular formula is C18H28N2O. The first-order chi connectivity index (χ1) is 10.3. The van der Waals surface area contributed by atoms with Gasteiger partial charge in [0.2, 0.25) is 0 Å². The summed E-state index contributed by atoms with van der Waals surface area (Å²) in [6.45, 7) is 5.77. The number of hydrogen-bond acceptors (Lipinski definition) is 3. The molecule has 0 radical (unpaired) electrons. The van der Waals surface area contributed by atoms with Gasteiger partial charge in [0.05, 0.1) is 6.10 Å². The van der Waals surface area contributed by atoms with Crippen molar-refractivity contribution in [3.63, 3.8) is 0 Å². The lowest BCUT2D eigenvalue weighted by Crippen LogP contribution is -2.51. The molecule has 2 aliphatic rings. The highest BCUT2D eigenvalue weighted by molar-refractivity contribution is 5.27. The van der Waals surface area contributed by atoms with Crippen molar-refractivity contribution < 1.29 is 4.74 Å². The number of rotatable bonds is 4. The third-order valence-corrected chi connectivity index (χ3v) is 5.27. The second-order valence-electron chi connectivity index (χ2n) is 6.63. The molecule has 1 N–H and O–H groups in total. The lowest BCUT2D eigenvalue weighted by atomic mass is 9.72. The zero-order valence-corrected chi connectivity index (χ0v) is 13.2. The van der Waals surface area contributed by atoms with Gasteiger partial charge in [-0.1, -0.05) is 30.3 Å². The summed E-state index contributed by atoms with van der Waals surface area (Å²) < 4.78 is 5.60. The molecule has 0 aliphatic carbocycles. The van der Waals surface area contributed by atoms with Crippen LogP contribution in [0.15, 0.2) is 30.3 Å². The Kier molecular flexibility index (Phi) is 4.94. The monoisotopic (exact) mass is 288 g/mol. The summed E-state index contributed by atoms with van der Waals surface area (Å²) in [4.78, 5) is 2.63. The van der Waals surface area contributed by atoms with Gasteiger partial charge in [0, 0.05) is 25.6 Å². The third kappa shape index (κ3) is 3.47. The highest BCUT2D eigenvalue weighted by Gasteiger charge is 2.36. The topological polar surface area (TPSA) is 24.5 Å². The third-order valence-electron chi connectivity index (χ3n) is 5.27. The summed E-state index contributed by atoms with van der Waals surface area (Å²) >= 11 is 0. The van der Waals surface area contributed by atoms with E-state index >= 15 is 0 Å². The Hall–Kier alpha value is -0.900. The highest BCUT2D eigenvalue weighted by Crippen LogP contribution is 2.35. The van der Waals surface area contributed by atoms with Gasteiger partial charge in [-0.15, -0.1) is 0 Å². The van der Waals surface area contributed by atoms with Crippen molar-refractivity contribution in [1.29, 1.82) is 0 Å². The summed E-state index contributed by atoms with van der Waals surface area (Å²) in [5.74, 6) is 0. The first-order valence-corrected chi connectivity index (χ1v) is 8.34. The maximum atomic E-state index is 5.60. The first kappa shape index (κ1) is 15.0. The fourth-order valence-corrected chi connectivity index (χ4v) is 4.01. The molecule has 2 aliphatic heterocycles. The van der Waals surface area contributed by atoms with Crippen LogP contribution in [0.1, 0.15) is 31.2 Å². The summed E-state index contributed by atoms with van der Waals surface area (Å²) in [5.41, 5.74) is 1.84. The number of nitrogens with one attached hydrogen (secondary N) is 1. The Labute approximate surface area is 128 Å². The van der Waals surface area contributed by atoms with Gasteiger partial charge in [0.15, 0.2) is 0 Å². The van der Waals surface area contributed by atoms with Crippen molar-refractivity contribution in [3.8, 4) is 0 Å². The molecule has 0 aromatic heterocycles. The smallest absolute Gasteiger partial charge is 0.0698 e. The Morgan fingerprint density at radius 1 is 1.24 bits per heavy atom. The van der Waals surface area contributed by atoms with E-state index in [0.717, 1.165) is 19.6 Å². The molecule has 2 heterocycles. The lowest BCUT2D eigenvalue weighted by molar-refractivity contribution is 0.0199. The second-order valence-corrected chi connectivity index (χ2v) is 6.63. The molecular weight excluding hydrogens is 260 g/mol. The average Bonchev–Trinajstić information content (AvgIpc) is 2.57. The Bertz CT molecular complexity index is 428. The number of likely N-dealkylation sites (tertiary alicyclic amines) is 1. The van der Waals surface area contributed by atoms with E-state index in [1.807, 2.05) is 7.11 Å². The van der Waals surface area contributed by atoms with Gasteiger partial charge in [-0.05, 0) is 50.9 Å². The minimum atomic E-state index is 0.322. The zero-order valence-electron chi connectivity index (χ0n) is 13.2. The summed E-state index contributed by atoms with van der Waals surface area (Å²) in [6.07, 6.45) is 5.39. The normalized spacial score (nSPS) is 26.6. The van der Waals surface area contributed by atoms with Crippen LogP contribution < -0.4 is 5.32 Å². The first-order valence-electron chi connectivity index (χ1n) is 8.34. The maximum absolute atomic E-state index is 5.60. The van der Waals surface area contributed by atoms with Crippen LogP contribution >= 0.6 is 0 Å². The predicted molar refractivity (Wildman–Crippen MR) is 86.7 cm³/mol. The standard InChI is InChI=1S/C18H28N2O/c1-21-17-8-5-13-20(14-17)15-18(9-11-19-12-10-18)16-6-3-2-4-7-16/h2-4,6-7,17,19H,5,8-15H2,1H3. The van der Waals surface area contributed by atoms with Crippen LogP contribution in [0.4, 0.5) is 0 Å². The van der Waals surface area contributed by atoms with Crippen molar-refractivity contribution in [2.24, 2.45) is 0 Å². The fourth-order valence-electron chi connectivity index (χ4n) is 4.01. The summed E-state index contributed by atoms with van der Waals surface area (Å²) in [7, 11) is 1.85. The van der Waals surface area contributed by atoms with Crippen LogP contribution in [0.25, 0.3) is 0 Å². The number of nitrogens with zero attached hydrogens (tertiary/aromatic N) is 1. The molecule has 1 aromatic carbocycles. The zero-order chi connectivity index (χ0) is 14.5. The van der Waals surface area contributed by atoms with E-state index in [0.29, 0.717) is 11.5 Å². The largest absolute Gasteiger partial charge is 0.380 e. The van der Waals surface area contributed by atoms with Gasteiger partial charge in [0.25, 0.3) is 0 Å². The van der Waals surface area contributed by atoms with Gasteiger partial charge in [-0.2, -0.15) is 0 Å². The molecule has 3 rings (SSSR count). The van der Waals surface area contributed by atoms with Gasteiger partial charge in [-0.25, -0.2) is 0 Å². The molecule has 3 heteroatoms. The predicted octanol–water partition coefficient (Wildman–Crippen LogP) is 2.42. The van der Waals surface area contributed by atoms with Gasteiger partial charge >= 0.3 is 0 Å². The van der Waals surface area contributed by atoms with Crippen LogP contribution in [0.5, 0.6) is 0 Å². The molecule has 0 bridgehead atoms. The molecule has 0 spiro atoms. The number of piperidine rings is 2. The van der Waals surface area contributed by atoms with Gasteiger partial charge in [0.1, 0.15) is 0 Å². The molecule has 21 heavy (non-hydrogen) atoms. The van der Waals surface area contributed by atoms with Gasteiger partial charge in [-0.3, -0.25) is 4.90 Å². The molecule has 0 saturated carbocycles. The highest BCUT2D eigenvalue weighted by atomic mass is 16.5. The second kappa shape index (κ2) is 6.91. The summed E-state index contributed by atoms with van der Waals surface area (Å²) in [6, 6.07) is 11.1. The minimum Gasteiger partial charge on any atom is -0.380 e. The van der Waals surface area contributed by atoms with Crippen LogP contribution in [-0.2, 0) is 10.2 Å². The summed E-state index contributed by atoms with van der Waals surface area (Å²) in [5, 5.41) is 3.52. The van der Waals surface area contributed by atoms with Crippen molar-refractivity contribution in [3.05, 3.63) is 35.9 Å². The molecule has 0 amide bonds. The lowest BCUT2D eigenvalue weighted by Gasteiger charge is -2.44. The van der Waals surface area contributed by atoms with E-state index < -0.39 is 0 Å². The van der Waals surface area contributed by atoms with Crippen molar-refractivity contribution in [2.45, 2.75) is 37.2 Å². The van der Waals surface area contributed by atoms with Crippen LogP contribution in [0.2, 0.25) is 0 Å². The number of ether oxygens (including phenoxy) is 1. The molecule has 2 saturated heterocycles. The van der Waals surface area contributed by atoms with Crippen molar-refractivity contribution in [2.75, 3.05) is 39.8 Å². The quantitative estimate of drug-likeness (QED) is 0.921. The van der Waals surface area contributed by atoms with Crippen LogP contribution in [-0.4, -0.2) is 50.8 Å². The van der Waals surface area contributed by atoms with E-state index in [1.165, 1.54) is 44.3 Å². The maximum Gasteiger partial charge on any atom is 0.0698 e. The molecule has 3 nitrogen and oxygen atoms in total. The molecule has 1 unspecified atom stereocenters. The number of methoxy groups -OCH3 is 1. The van der Waals surface area contributed by atoms with E-state index in [4.69, 9.17) is 4.74 Å². The molecule has 1 atom stereocenters. The SMILES string of the molecule is COC1CCCN(CC2(c3ccccc3)CCNCC2)C1. The Balaban J connectivity index is 1.76. The van der Waals surface area contributed by atoms with E-state index in [-0.39, 0.29) is 0 Å². The Morgan fingerprint density at radius 3 is 2.71 bits per heavy atom. The fraction of sp³-hybridized carbons (Fsp3) is 0.667. The van der Waals surface area contributed by atoms with E-state index in [1.54, 1.807) is 0 Å². The van der Waals surface area contributed by atoms with Crippen molar-refractivity contribution >= 4 is 0 Å². The average molecular weight is 288 g/mol. The molecule has 1 aromatic rings. The number of benzene rings is 1. The van der Waals surface area contributed by atoms with Crippen LogP contribution in [0, 0.1) is 0 Å².